The van der Waals surface area contributed by atoms with Gasteiger partial charge >= 0.3 is 0 Å². The fraction of sp³-hybridized carbons (Fsp3) is 0.294. The SMILES string of the molecule is CCNC(COc1ccc(Cl)cc1)c1ccc(C)cc1. The summed E-state index contributed by atoms with van der Waals surface area (Å²) in [6, 6.07) is 16.2. The van der Waals surface area contributed by atoms with Crippen molar-refractivity contribution in [3.8, 4) is 5.75 Å². The van der Waals surface area contributed by atoms with Gasteiger partial charge in [-0.05, 0) is 43.3 Å². The monoisotopic (exact) mass is 289 g/mol. The van der Waals surface area contributed by atoms with Gasteiger partial charge < -0.3 is 10.1 Å². The van der Waals surface area contributed by atoms with Crippen LogP contribution < -0.4 is 10.1 Å². The van der Waals surface area contributed by atoms with Gasteiger partial charge in [0.2, 0.25) is 0 Å². The summed E-state index contributed by atoms with van der Waals surface area (Å²) >= 11 is 5.87. The second kappa shape index (κ2) is 7.32. The summed E-state index contributed by atoms with van der Waals surface area (Å²) in [5.74, 6) is 0.837. The summed E-state index contributed by atoms with van der Waals surface area (Å²) in [6.45, 7) is 5.70. The predicted molar refractivity (Wildman–Crippen MR) is 84.5 cm³/mol. The maximum absolute atomic E-state index is 5.87. The number of likely N-dealkylation sites (N-methyl/N-ethyl adjacent to an activating group) is 1. The Balaban J connectivity index is 2.02. The lowest BCUT2D eigenvalue weighted by Gasteiger charge is -2.19. The fourth-order valence-electron chi connectivity index (χ4n) is 2.03. The number of halogens is 1. The minimum absolute atomic E-state index is 0.191. The average molecular weight is 290 g/mol. The quantitative estimate of drug-likeness (QED) is 0.852. The van der Waals surface area contributed by atoms with Crippen LogP contribution >= 0.6 is 11.6 Å². The molecule has 3 heteroatoms. The molecule has 2 aromatic carbocycles. The average Bonchev–Trinajstić information content (AvgIpc) is 2.46. The van der Waals surface area contributed by atoms with Gasteiger partial charge in [-0.2, -0.15) is 0 Å². The Morgan fingerprint density at radius 2 is 1.70 bits per heavy atom. The van der Waals surface area contributed by atoms with Crippen molar-refractivity contribution in [1.29, 1.82) is 0 Å². The van der Waals surface area contributed by atoms with Gasteiger partial charge in [-0.1, -0.05) is 48.4 Å². The lowest BCUT2D eigenvalue weighted by Crippen LogP contribution is -2.26. The van der Waals surface area contributed by atoms with Crippen molar-refractivity contribution in [3.05, 3.63) is 64.7 Å². The third kappa shape index (κ3) is 4.26. The zero-order valence-electron chi connectivity index (χ0n) is 11.9. The molecule has 0 spiro atoms. The molecule has 1 N–H and O–H groups in total. The normalized spacial score (nSPS) is 12.2. The highest BCUT2D eigenvalue weighted by Crippen LogP contribution is 2.19. The minimum atomic E-state index is 0.191. The minimum Gasteiger partial charge on any atom is -0.492 e. The molecule has 2 aromatic rings. The molecule has 0 bridgehead atoms. The van der Waals surface area contributed by atoms with Crippen LogP contribution in [0, 0.1) is 6.92 Å². The summed E-state index contributed by atoms with van der Waals surface area (Å²) < 4.78 is 5.84. The van der Waals surface area contributed by atoms with Gasteiger partial charge in [0.15, 0.2) is 0 Å². The molecule has 2 nitrogen and oxygen atoms in total. The lowest BCUT2D eigenvalue weighted by atomic mass is 10.1. The second-order valence-electron chi connectivity index (χ2n) is 4.79. The first-order valence-corrected chi connectivity index (χ1v) is 7.25. The van der Waals surface area contributed by atoms with Crippen LogP contribution in [0.4, 0.5) is 0 Å². The van der Waals surface area contributed by atoms with Crippen molar-refractivity contribution in [2.45, 2.75) is 19.9 Å². The zero-order chi connectivity index (χ0) is 14.4. The summed E-state index contributed by atoms with van der Waals surface area (Å²) in [5.41, 5.74) is 2.51. The molecule has 1 atom stereocenters. The van der Waals surface area contributed by atoms with E-state index < -0.39 is 0 Å². The van der Waals surface area contributed by atoms with E-state index >= 15 is 0 Å². The van der Waals surface area contributed by atoms with Gasteiger partial charge in [0, 0.05) is 5.02 Å². The maximum atomic E-state index is 5.87. The molecule has 0 saturated heterocycles. The van der Waals surface area contributed by atoms with Crippen molar-refractivity contribution >= 4 is 11.6 Å². The number of ether oxygens (including phenoxy) is 1. The van der Waals surface area contributed by atoms with E-state index in [0.29, 0.717) is 6.61 Å². The number of benzene rings is 2. The number of rotatable bonds is 6. The molecular weight excluding hydrogens is 270 g/mol. The van der Waals surface area contributed by atoms with Gasteiger partial charge in [0.25, 0.3) is 0 Å². The molecule has 0 aromatic heterocycles. The Labute approximate surface area is 125 Å². The Hall–Kier alpha value is -1.51. The highest BCUT2D eigenvalue weighted by molar-refractivity contribution is 6.30. The van der Waals surface area contributed by atoms with Crippen molar-refractivity contribution in [3.63, 3.8) is 0 Å². The Bertz CT molecular complexity index is 522. The third-order valence-corrected chi connectivity index (χ3v) is 3.41. The summed E-state index contributed by atoms with van der Waals surface area (Å²) in [7, 11) is 0. The van der Waals surface area contributed by atoms with Crippen molar-refractivity contribution in [1.82, 2.24) is 5.32 Å². The third-order valence-electron chi connectivity index (χ3n) is 3.16. The summed E-state index contributed by atoms with van der Waals surface area (Å²) in [6.07, 6.45) is 0. The molecule has 20 heavy (non-hydrogen) atoms. The summed E-state index contributed by atoms with van der Waals surface area (Å²) in [4.78, 5) is 0. The van der Waals surface area contributed by atoms with Crippen molar-refractivity contribution in [2.24, 2.45) is 0 Å². The van der Waals surface area contributed by atoms with Gasteiger partial charge in [-0.25, -0.2) is 0 Å². The van der Waals surface area contributed by atoms with Crippen LogP contribution in [0.3, 0.4) is 0 Å². The van der Waals surface area contributed by atoms with Crippen LogP contribution in [-0.4, -0.2) is 13.2 Å². The number of aryl methyl sites for hydroxylation is 1. The Morgan fingerprint density at radius 1 is 1.05 bits per heavy atom. The van der Waals surface area contributed by atoms with Crippen molar-refractivity contribution < 1.29 is 4.74 Å². The van der Waals surface area contributed by atoms with Gasteiger partial charge in [-0.3, -0.25) is 0 Å². The zero-order valence-corrected chi connectivity index (χ0v) is 12.7. The number of hydrogen-bond acceptors (Lipinski definition) is 2. The van der Waals surface area contributed by atoms with Crippen LogP contribution in [0.5, 0.6) is 5.75 Å². The second-order valence-corrected chi connectivity index (χ2v) is 5.22. The van der Waals surface area contributed by atoms with Crippen LogP contribution in [-0.2, 0) is 0 Å². The standard InChI is InChI=1S/C17H20ClNO/c1-3-19-17(14-6-4-13(2)5-7-14)12-20-16-10-8-15(18)9-11-16/h4-11,17,19H,3,12H2,1-2H3. The van der Waals surface area contributed by atoms with Crippen LogP contribution in [0.1, 0.15) is 24.1 Å². The molecule has 2 rings (SSSR count). The molecule has 1 unspecified atom stereocenters. The number of nitrogens with one attached hydrogen (secondary N) is 1. The van der Waals surface area contributed by atoms with E-state index in [9.17, 15) is 0 Å². The first-order chi connectivity index (χ1) is 9.69. The molecule has 0 saturated carbocycles. The highest BCUT2D eigenvalue weighted by atomic mass is 35.5. The fourth-order valence-corrected chi connectivity index (χ4v) is 2.15. The molecule has 0 aliphatic carbocycles. The van der Waals surface area contributed by atoms with Gasteiger partial charge in [0.1, 0.15) is 12.4 Å². The van der Waals surface area contributed by atoms with E-state index in [1.807, 2.05) is 24.3 Å². The molecule has 0 amide bonds. The predicted octanol–water partition coefficient (Wildman–Crippen LogP) is 4.38. The smallest absolute Gasteiger partial charge is 0.119 e. The first-order valence-electron chi connectivity index (χ1n) is 6.87. The van der Waals surface area contributed by atoms with Crippen molar-refractivity contribution in [2.75, 3.05) is 13.2 Å². The Morgan fingerprint density at radius 3 is 2.30 bits per heavy atom. The van der Waals surface area contributed by atoms with E-state index in [-0.39, 0.29) is 6.04 Å². The maximum Gasteiger partial charge on any atom is 0.119 e. The van der Waals surface area contributed by atoms with Crippen LogP contribution in [0.25, 0.3) is 0 Å². The van der Waals surface area contributed by atoms with Crippen LogP contribution in [0.2, 0.25) is 5.02 Å². The van der Waals surface area contributed by atoms with Crippen LogP contribution in [0.15, 0.2) is 48.5 Å². The van der Waals surface area contributed by atoms with Gasteiger partial charge in [0.05, 0.1) is 6.04 Å². The molecule has 0 heterocycles. The molecule has 106 valence electrons. The molecule has 0 aliphatic rings. The largest absolute Gasteiger partial charge is 0.492 e. The molecular formula is C17H20ClNO. The van der Waals surface area contributed by atoms with E-state index in [1.165, 1.54) is 11.1 Å². The van der Waals surface area contributed by atoms with E-state index in [0.717, 1.165) is 17.3 Å². The Kier molecular flexibility index (Phi) is 5.45. The molecule has 0 fully saturated rings. The summed E-state index contributed by atoms with van der Waals surface area (Å²) in [5, 5.41) is 4.17. The molecule has 0 radical (unpaired) electrons. The topological polar surface area (TPSA) is 21.3 Å². The van der Waals surface area contributed by atoms with E-state index in [1.54, 1.807) is 0 Å². The number of hydrogen-bond donors (Lipinski definition) is 1. The first kappa shape index (κ1) is 14.9. The molecule has 0 aliphatic heterocycles. The highest BCUT2D eigenvalue weighted by Gasteiger charge is 2.10. The van der Waals surface area contributed by atoms with Gasteiger partial charge in [-0.15, -0.1) is 0 Å². The van der Waals surface area contributed by atoms with E-state index in [2.05, 4.69) is 43.4 Å². The lowest BCUT2D eigenvalue weighted by molar-refractivity contribution is 0.268. The van der Waals surface area contributed by atoms with E-state index in [4.69, 9.17) is 16.3 Å².